The number of nitrogens with zero attached hydrogens (tertiary/aromatic N) is 1. The molecule has 0 saturated heterocycles. The van der Waals surface area contributed by atoms with Gasteiger partial charge in [0.15, 0.2) is 0 Å². The van der Waals surface area contributed by atoms with Crippen LogP contribution in [0.25, 0.3) is 0 Å². The molecule has 1 N–H and O–H groups in total. The lowest BCUT2D eigenvalue weighted by Crippen LogP contribution is -2.33. The predicted octanol–water partition coefficient (Wildman–Crippen LogP) is 3.51. The SMILES string of the molecule is CCOc1ccccc1NC(=O)CCN(CCc1ccccc1OC)C(C)=O. The lowest BCUT2D eigenvalue weighted by atomic mass is 10.1. The summed E-state index contributed by atoms with van der Waals surface area (Å²) in [6.45, 7) is 4.81. The standard InChI is InChI=1S/C22H28N2O4/c1-4-28-21-12-8-6-10-19(21)23-22(26)14-16-24(17(2)25)15-13-18-9-5-7-11-20(18)27-3/h5-12H,4,13-16H2,1-3H3,(H,23,26). The van der Waals surface area contributed by atoms with E-state index >= 15 is 0 Å². The van der Waals surface area contributed by atoms with E-state index in [-0.39, 0.29) is 18.2 Å². The van der Waals surface area contributed by atoms with Crippen molar-refractivity contribution in [2.75, 3.05) is 32.1 Å². The number of para-hydroxylation sites is 3. The molecule has 0 bridgehead atoms. The Morgan fingerprint density at radius 3 is 2.36 bits per heavy atom. The molecule has 150 valence electrons. The molecule has 0 aromatic heterocycles. The molecule has 0 atom stereocenters. The minimum atomic E-state index is -0.157. The number of anilines is 1. The average Bonchev–Trinajstić information content (AvgIpc) is 2.69. The van der Waals surface area contributed by atoms with Crippen molar-refractivity contribution in [3.63, 3.8) is 0 Å². The van der Waals surface area contributed by atoms with Crippen LogP contribution in [0.15, 0.2) is 48.5 Å². The fourth-order valence-corrected chi connectivity index (χ4v) is 2.89. The Morgan fingerprint density at radius 1 is 1.00 bits per heavy atom. The molecule has 2 aromatic rings. The molecule has 0 aliphatic heterocycles. The van der Waals surface area contributed by atoms with Gasteiger partial charge in [-0.05, 0) is 37.1 Å². The molecule has 2 aromatic carbocycles. The maximum atomic E-state index is 12.3. The van der Waals surface area contributed by atoms with Crippen LogP contribution in [0.4, 0.5) is 5.69 Å². The van der Waals surface area contributed by atoms with Gasteiger partial charge in [0.2, 0.25) is 11.8 Å². The van der Waals surface area contributed by atoms with Crippen LogP contribution >= 0.6 is 0 Å². The van der Waals surface area contributed by atoms with E-state index < -0.39 is 0 Å². The van der Waals surface area contributed by atoms with Crippen molar-refractivity contribution in [3.8, 4) is 11.5 Å². The van der Waals surface area contributed by atoms with Crippen molar-refractivity contribution in [2.24, 2.45) is 0 Å². The number of ether oxygens (including phenoxy) is 2. The van der Waals surface area contributed by atoms with Gasteiger partial charge in [0, 0.05) is 26.4 Å². The van der Waals surface area contributed by atoms with Gasteiger partial charge < -0.3 is 19.7 Å². The summed E-state index contributed by atoms with van der Waals surface area (Å²) in [5, 5.41) is 2.86. The Morgan fingerprint density at radius 2 is 1.68 bits per heavy atom. The molecule has 0 heterocycles. The third-order valence-electron chi connectivity index (χ3n) is 4.36. The van der Waals surface area contributed by atoms with Crippen molar-refractivity contribution in [1.29, 1.82) is 0 Å². The smallest absolute Gasteiger partial charge is 0.226 e. The predicted molar refractivity (Wildman–Crippen MR) is 110 cm³/mol. The molecule has 0 unspecified atom stereocenters. The van der Waals surface area contributed by atoms with Gasteiger partial charge in [-0.2, -0.15) is 0 Å². The largest absolute Gasteiger partial charge is 0.496 e. The summed E-state index contributed by atoms with van der Waals surface area (Å²) in [4.78, 5) is 26.0. The van der Waals surface area contributed by atoms with E-state index in [0.717, 1.165) is 11.3 Å². The number of hydrogen-bond acceptors (Lipinski definition) is 4. The normalized spacial score (nSPS) is 10.2. The number of hydrogen-bond donors (Lipinski definition) is 1. The third-order valence-corrected chi connectivity index (χ3v) is 4.36. The highest BCUT2D eigenvalue weighted by Gasteiger charge is 2.14. The van der Waals surface area contributed by atoms with E-state index in [1.165, 1.54) is 6.92 Å². The maximum absolute atomic E-state index is 12.3. The van der Waals surface area contributed by atoms with Gasteiger partial charge in [-0.15, -0.1) is 0 Å². The van der Waals surface area contributed by atoms with Gasteiger partial charge >= 0.3 is 0 Å². The number of rotatable bonds is 10. The highest BCUT2D eigenvalue weighted by Crippen LogP contribution is 2.23. The summed E-state index contributed by atoms with van der Waals surface area (Å²) >= 11 is 0. The molecule has 0 saturated carbocycles. The van der Waals surface area contributed by atoms with Gasteiger partial charge in [0.1, 0.15) is 11.5 Å². The molecular weight excluding hydrogens is 356 g/mol. The summed E-state index contributed by atoms with van der Waals surface area (Å²) in [5.41, 5.74) is 1.67. The highest BCUT2D eigenvalue weighted by atomic mass is 16.5. The molecule has 28 heavy (non-hydrogen) atoms. The molecule has 2 rings (SSSR count). The van der Waals surface area contributed by atoms with Crippen LogP contribution < -0.4 is 14.8 Å². The second-order valence-electron chi connectivity index (χ2n) is 6.30. The van der Waals surface area contributed by atoms with E-state index in [9.17, 15) is 9.59 Å². The summed E-state index contributed by atoms with van der Waals surface area (Å²) in [6, 6.07) is 15.0. The van der Waals surface area contributed by atoms with Gasteiger partial charge in [-0.1, -0.05) is 30.3 Å². The zero-order valence-corrected chi connectivity index (χ0v) is 16.7. The molecule has 0 radical (unpaired) electrons. The average molecular weight is 384 g/mol. The number of methoxy groups -OCH3 is 1. The summed E-state index contributed by atoms with van der Waals surface area (Å²) in [6.07, 6.45) is 0.879. The molecule has 2 amide bonds. The van der Waals surface area contributed by atoms with Gasteiger partial charge in [0.05, 0.1) is 19.4 Å². The zero-order valence-electron chi connectivity index (χ0n) is 16.7. The first kappa shape index (κ1) is 21.3. The van der Waals surface area contributed by atoms with Crippen LogP contribution in [0, 0.1) is 0 Å². The molecule has 0 aliphatic rings. The molecule has 6 nitrogen and oxygen atoms in total. The Balaban J connectivity index is 1.90. The molecular formula is C22H28N2O4. The molecule has 0 spiro atoms. The fraction of sp³-hybridized carbons (Fsp3) is 0.364. The van der Waals surface area contributed by atoms with E-state index in [0.29, 0.717) is 37.6 Å². The first-order valence-corrected chi connectivity index (χ1v) is 9.44. The monoisotopic (exact) mass is 384 g/mol. The van der Waals surface area contributed by atoms with Crippen LogP contribution in [0.5, 0.6) is 11.5 Å². The fourth-order valence-electron chi connectivity index (χ4n) is 2.89. The van der Waals surface area contributed by atoms with Crippen LogP contribution in [0.1, 0.15) is 25.8 Å². The van der Waals surface area contributed by atoms with Crippen LogP contribution in [-0.2, 0) is 16.0 Å². The lowest BCUT2D eigenvalue weighted by molar-refractivity contribution is -0.129. The van der Waals surface area contributed by atoms with Crippen molar-refractivity contribution >= 4 is 17.5 Å². The third kappa shape index (κ3) is 6.30. The van der Waals surface area contributed by atoms with Gasteiger partial charge in [-0.3, -0.25) is 9.59 Å². The molecule has 0 fully saturated rings. The lowest BCUT2D eigenvalue weighted by Gasteiger charge is -2.21. The van der Waals surface area contributed by atoms with Crippen LogP contribution in [-0.4, -0.2) is 43.5 Å². The highest BCUT2D eigenvalue weighted by molar-refractivity contribution is 5.92. The first-order chi connectivity index (χ1) is 13.5. The minimum absolute atomic E-state index is 0.0579. The van der Waals surface area contributed by atoms with E-state index in [1.807, 2.05) is 49.4 Å². The number of carbonyl (C=O) groups excluding carboxylic acids is 2. The Bertz CT molecular complexity index is 792. The summed E-state index contributed by atoms with van der Waals surface area (Å²) < 4.78 is 10.9. The summed E-state index contributed by atoms with van der Waals surface area (Å²) in [7, 11) is 1.63. The quantitative estimate of drug-likeness (QED) is 0.681. The van der Waals surface area contributed by atoms with Crippen LogP contribution in [0.3, 0.4) is 0 Å². The van der Waals surface area contributed by atoms with Crippen molar-refractivity contribution < 1.29 is 19.1 Å². The first-order valence-electron chi connectivity index (χ1n) is 9.44. The molecule has 6 heteroatoms. The number of benzene rings is 2. The molecule has 0 aliphatic carbocycles. The topological polar surface area (TPSA) is 67.9 Å². The van der Waals surface area contributed by atoms with Crippen molar-refractivity contribution in [3.05, 3.63) is 54.1 Å². The van der Waals surface area contributed by atoms with Gasteiger partial charge in [0.25, 0.3) is 0 Å². The second-order valence-corrected chi connectivity index (χ2v) is 6.30. The van der Waals surface area contributed by atoms with Crippen molar-refractivity contribution in [2.45, 2.75) is 26.7 Å². The summed E-state index contributed by atoms with van der Waals surface area (Å²) in [5.74, 6) is 1.22. The van der Waals surface area contributed by atoms with Crippen LogP contribution in [0.2, 0.25) is 0 Å². The Kier molecular flexibility index (Phi) is 8.34. The maximum Gasteiger partial charge on any atom is 0.226 e. The van der Waals surface area contributed by atoms with E-state index in [2.05, 4.69) is 5.32 Å². The zero-order chi connectivity index (χ0) is 20.4. The number of amides is 2. The van der Waals surface area contributed by atoms with Gasteiger partial charge in [-0.25, -0.2) is 0 Å². The second kappa shape index (κ2) is 11.0. The van der Waals surface area contributed by atoms with E-state index in [1.54, 1.807) is 18.1 Å². The van der Waals surface area contributed by atoms with E-state index in [4.69, 9.17) is 9.47 Å². The Labute approximate surface area is 166 Å². The van der Waals surface area contributed by atoms with Crippen molar-refractivity contribution in [1.82, 2.24) is 4.90 Å². The Hall–Kier alpha value is -3.02. The number of carbonyl (C=O) groups is 2. The minimum Gasteiger partial charge on any atom is -0.496 e. The number of nitrogens with one attached hydrogen (secondary N) is 1.